The van der Waals surface area contributed by atoms with Gasteiger partial charge in [0, 0.05) is 24.5 Å². The Hall–Kier alpha value is -1.61. The lowest BCUT2D eigenvalue weighted by Crippen LogP contribution is -2.16. The van der Waals surface area contributed by atoms with Gasteiger partial charge in [0.15, 0.2) is 0 Å². The summed E-state index contributed by atoms with van der Waals surface area (Å²) >= 11 is 0. The van der Waals surface area contributed by atoms with Gasteiger partial charge in [-0.3, -0.25) is 0 Å². The Morgan fingerprint density at radius 2 is 2.11 bits per heavy atom. The molecule has 3 rings (SSSR count). The van der Waals surface area contributed by atoms with Crippen molar-refractivity contribution in [3.8, 4) is 0 Å². The number of rotatable bonds is 5. The third kappa shape index (κ3) is 2.46. The van der Waals surface area contributed by atoms with E-state index in [0.29, 0.717) is 0 Å². The summed E-state index contributed by atoms with van der Waals surface area (Å²) < 4.78 is 0. The molecular weight excluding hydrogens is 222 g/mol. The van der Waals surface area contributed by atoms with Gasteiger partial charge >= 0.3 is 0 Å². The zero-order valence-corrected chi connectivity index (χ0v) is 10.7. The highest BCUT2D eigenvalue weighted by Gasteiger charge is 2.20. The maximum Gasteiger partial charge on any atom is 0.126 e. The minimum atomic E-state index is 0.736. The van der Waals surface area contributed by atoms with Gasteiger partial charge in [0.1, 0.15) is 5.82 Å². The van der Waals surface area contributed by atoms with Crippen LogP contribution in [0.1, 0.15) is 25.3 Å². The van der Waals surface area contributed by atoms with Crippen LogP contribution in [0, 0.1) is 0 Å². The molecule has 0 bridgehead atoms. The van der Waals surface area contributed by atoms with E-state index in [2.05, 4.69) is 46.8 Å². The second-order valence-corrected chi connectivity index (χ2v) is 4.87. The summed E-state index contributed by atoms with van der Waals surface area (Å²) in [6.07, 6.45) is 2.65. The predicted octanol–water partition coefficient (Wildman–Crippen LogP) is 2.92. The van der Waals surface area contributed by atoms with Crippen molar-refractivity contribution >= 4 is 16.7 Å². The van der Waals surface area contributed by atoms with Crippen molar-refractivity contribution in [1.82, 2.24) is 10.3 Å². The quantitative estimate of drug-likeness (QED) is 0.845. The van der Waals surface area contributed by atoms with E-state index < -0.39 is 0 Å². The molecule has 0 radical (unpaired) electrons. The van der Waals surface area contributed by atoms with Gasteiger partial charge in [-0.05, 0) is 37.5 Å². The van der Waals surface area contributed by atoms with Crippen molar-refractivity contribution < 1.29 is 0 Å². The number of fused-ring (bicyclic) bond motifs is 1. The van der Waals surface area contributed by atoms with Crippen LogP contribution in [-0.2, 0) is 6.54 Å². The molecule has 1 heterocycles. The molecule has 1 saturated carbocycles. The van der Waals surface area contributed by atoms with Crippen molar-refractivity contribution in [2.45, 2.75) is 32.4 Å². The van der Waals surface area contributed by atoms with E-state index in [1.807, 2.05) is 6.07 Å². The molecule has 0 unspecified atom stereocenters. The number of benzene rings is 1. The standard InChI is InChI=1S/C15H19N3/c1-2-16-15-9-11(10-17-12-7-8-12)13-5-3-4-6-14(13)18-15/h3-6,9,12,17H,2,7-8,10H2,1H3,(H,16,18). The molecule has 1 fully saturated rings. The highest BCUT2D eigenvalue weighted by Crippen LogP contribution is 2.23. The molecule has 0 aliphatic heterocycles. The molecule has 0 amide bonds. The van der Waals surface area contributed by atoms with Crippen LogP contribution in [0.4, 0.5) is 5.82 Å². The highest BCUT2D eigenvalue weighted by molar-refractivity contribution is 5.84. The van der Waals surface area contributed by atoms with Gasteiger partial charge in [-0.15, -0.1) is 0 Å². The van der Waals surface area contributed by atoms with Gasteiger partial charge in [-0.1, -0.05) is 18.2 Å². The molecule has 0 saturated heterocycles. The SMILES string of the molecule is CCNc1cc(CNC2CC2)c2ccccc2n1. The van der Waals surface area contributed by atoms with E-state index in [1.165, 1.54) is 23.8 Å². The molecular formula is C15H19N3. The van der Waals surface area contributed by atoms with Crippen molar-refractivity contribution in [3.05, 3.63) is 35.9 Å². The first kappa shape index (κ1) is 11.5. The monoisotopic (exact) mass is 241 g/mol. The number of nitrogens with zero attached hydrogens (tertiary/aromatic N) is 1. The topological polar surface area (TPSA) is 37.0 Å². The third-order valence-electron chi connectivity index (χ3n) is 3.32. The van der Waals surface area contributed by atoms with Gasteiger partial charge in [0.2, 0.25) is 0 Å². The van der Waals surface area contributed by atoms with Crippen LogP contribution in [0.15, 0.2) is 30.3 Å². The number of para-hydroxylation sites is 1. The predicted molar refractivity (Wildman–Crippen MR) is 75.8 cm³/mol. The van der Waals surface area contributed by atoms with E-state index in [4.69, 9.17) is 0 Å². The van der Waals surface area contributed by atoms with Gasteiger partial charge in [0.25, 0.3) is 0 Å². The molecule has 1 aromatic carbocycles. The minimum absolute atomic E-state index is 0.736. The fourth-order valence-electron chi connectivity index (χ4n) is 2.21. The molecule has 2 aromatic rings. The maximum absolute atomic E-state index is 4.63. The number of hydrogen-bond donors (Lipinski definition) is 2. The first-order chi connectivity index (χ1) is 8.86. The average molecular weight is 241 g/mol. The van der Waals surface area contributed by atoms with Crippen molar-refractivity contribution in [2.24, 2.45) is 0 Å². The lowest BCUT2D eigenvalue weighted by molar-refractivity contribution is 0.690. The summed E-state index contributed by atoms with van der Waals surface area (Å²) in [7, 11) is 0. The Morgan fingerprint density at radius 3 is 2.89 bits per heavy atom. The lowest BCUT2D eigenvalue weighted by Gasteiger charge is -2.11. The van der Waals surface area contributed by atoms with Crippen LogP contribution in [-0.4, -0.2) is 17.6 Å². The number of aromatic nitrogens is 1. The molecule has 2 N–H and O–H groups in total. The van der Waals surface area contributed by atoms with E-state index in [1.54, 1.807) is 0 Å². The van der Waals surface area contributed by atoms with Gasteiger partial charge in [0.05, 0.1) is 5.52 Å². The molecule has 3 nitrogen and oxygen atoms in total. The van der Waals surface area contributed by atoms with Gasteiger partial charge in [-0.25, -0.2) is 4.98 Å². The Kier molecular flexibility index (Phi) is 3.15. The molecule has 1 aliphatic rings. The molecule has 3 heteroatoms. The Morgan fingerprint density at radius 1 is 1.28 bits per heavy atom. The van der Waals surface area contributed by atoms with Crippen LogP contribution in [0.5, 0.6) is 0 Å². The zero-order valence-electron chi connectivity index (χ0n) is 10.7. The smallest absolute Gasteiger partial charge is 0.126 e. The molecule has 0 atom stereocenters. The fraction of sp³-hybridized carbons (Fsp3) is 0.400. The third-order valence-corrected chi connectivity index (χ3v) is 3.32. The van der Waals surface area contributed by atoms with E-state index in [-0.39, 0.29) is 0 Å². The maximum atomic E-state index is 4.63. The summed E-state index contributed by atoms with van der Waals surface area (Å²) in [5, 5.41) is 8.14. The van der Waals surface area contributed by atoms with E-state index >= 15 is 0 Å². The van der Waals surface area contributed by atoms with E-state index in [0.717, 1.165) is 30.5 Å². The Labute approximate surface area is 108 Å². The first-order valence-electron chi connectivity index (χ1n) is 6.72. The molecule has 0 spiro atoms. The van der Waals surface area contributed by atoms with Crippen molar-refractivity contribution in [1.29, 1.82) is 0 Å². The summed E-state index contributed by atoms with van der Waals surface area (Å²) in [5.41, 5.74) is 2.41. The number of pyridine rings is 1. The first-order valence-corrected chi connectivity index (χ1v) is 6.72. The summed E-state index contributed by atoms with van der Waals surface area (Å²) in [5.74, 6) is 0.976. The van der Waals surface area contributed by atoms with Crippen LogP contribution < -0.4 is 10.6 Å². The molecule has 1 aliphatic carbocycles. The zero-order chi connectivity index (χ0) is 12.4. The summed E-state index contributed by atoms with van der Waals surface area (Å²) in [4.78, 5) is 4.63. The average Bonchev–Trinajstić information content (AvgIpc) is 3.20. The Bertz CT molecular complexity index is 546. The normalized spacial score (nSPS) is 14.9. The van der Waals surface area contributed by atoms with Crippen molar-refractivity contribution in [2.75, 3.05) is 11.9 Å². The van der Waals surface area contributed by atoms with Crippen LogP contribution >= 0.6 is 0 Å². The molecule has 94 valence electrons. The molecule has 18 heavy (non-hydrogen) atoms. The highest BCUT2D eigenvalue weighted by atomic mass is 15.0. The van der Waals surface area contributed by atoms with Gasteiger partial charge in [-0.2, -0.15) is 0 Å². The van der Waals surface area contributed by atoms with Crippen LogP contribution in [0.25, 0.3) is 10.9 Å². The largest absolute Gasteiger partial charge is 0.370 e. The summed E-state index contributed by atoms with van der Waals surface area (Å²) in [6, 6.07) is 11.3. The number of hydrogen-bond acceptors (Lipinski definition) is 3. The fourth-order valence-corrected chi connectivity index (χ4v) is 2.21. The number of anilines is 1. The minimum Gasteiger partial charge on any atom is -0.370 e. The second-order valence-electron chi connectivity index (χ2n) is 4.87. The summed E-state index contributed by atoms with van der Waals surface area (Å²) in [6.45, 7) is 3.94. The number of nitrogens with one attached hydrogen (secondary N) is 2. The van der Waals surface area contributed by atoms with E-state index in [9.17, 15) is 0 Å². The molecule has 1 aromatic heterocycles. The van der Waals surface area contributed by atoms with Crippen LogP contribution in [0.2, 0.25) is 0 Å². The second kappa shape index (κ2) is 4.94. The lowest BCUT2D eigenvalue weighted by atomic mass is 10.1. The van der Waals surface area contributed by atoms with Crippen LogP contribution in [0.3, 0.4) is 0 Å². The Balaban J connectivity index is 1.95. The van der Waals surface area contributed by atoms with Gasteiger partial charge < -0.3 is 10.6 Å². The van der Waals surface area contributed by atoms with Crippen molar-refractivity contribution in [3.63, 3.8) is 0 Å².